The van der Waals surface area contributed by atoms with Gasteiger partial charge in [0.15, 0.2) is 11.6 Å². The van der Waals surface area contributed by atoms with Crippen LogP contribution in [-0.4, -0.2) is 29.2 Å². The quantitative estimate of drug-likeness (QED) is 0.255. The van der Waals surface area contributed by atoms with Crippen LogP contribution >= 0.6 is 7.60 Å². The molecule has 0 amide bonds. The second-order valence-electron chi connectivity index (χ2n) is 7.32. The number of ether oxygens (including phenoxy) is 2. The minimum Gasteiger partial charge on any atom is -0.493 e. The molecule has 0 aromatic heterocycles. The molecule has 0 fully saturated rings. The third-order valence-corrected chi connectivity index (χ3v) is 5.44. The van der Waals surface area contributed by atoms with Crippen molar-refractivity contribution >= 4 is 7.60 Å². The number of rotatable bonds is 16. The lowest BCUT2D eigenvalue weighted by Crippen LogP contribution is -2.02. The summed E-state index contributed by atoms with van der Waals surface area (Å²) in [5.74, 6) is 0.487. The van der Waals surface area contributed by atoms with E-state index in [0.717, 1.165) is 63.4 Å². The zero-order chi connectivity index (χ0) is 20.8. The molecule has 0 unspecified atom stereocenters. The van der Waals surface area contributed by atoms with Crippen LogP contribution in [0.25, 0.3) is 0 Å². The predicted molar refractivity (Wildman–Crippen MR) is 111 cm³/mol. The third-order valence-electron chi connectivity index (χ3n) is 4.54. The fraction of sp³-hybridized carbons (Fsp3) is 0.714. The number of unbranched alkanes of at least 4 members (excludes halogenated alkanes) is 8. The van der Waals surface area contributed by atoms with Gasteiger partial charge < -0.3 is 19.3 Å². The molecule has 1 aromatic rings. The fourth-order valence-corrected chi connectivity index (χ4v) is 3.59. The Balaban J connectivity index is 2.06. The zero-order valence-corrected chi connectivity index (χ0v) is 18.2. The molecule has 0 saturated heterocycles. The molecule has 0 radical (unpaired) electrons. The Morgan fingerprint density at radius 1 is 0.857 bits per heavy atom. The summed E-state index contributed by atoms with van der Waals surface area (Å²) in [4.78, 5) is 17.6. The van der Waals surface area contributed by atoms with Crippen molar-refractivity contribution in [2.45, 2.75) is 78.1 Å². The molecule has 0 atom stereocenters. The van der Waals surface area contributed by atoms with Crippen molar-refractivity contribution in [1.82, 2.24) is 0 Å². The smallest absolute Gasteiger partial charge is 0.325 e. The second kappa shape index (κ2) is 14.0. The molecule has 0 spiro atoms. The first-order valence-corrected chi connectivity index (χ1v) is 12.2. The average molecular weight is 418 g/mol. The van der Waals surface area contributed by atoms with Crippen LogP contribution in [0, 0.1) is 12.7 Å². The van der Waals surface area contributed by atoms with Gasteiger partial charge in [-0.05, 0) is 37.8 Å². The van der Waals surface area contributed by atoms with E-state index >= 15 is 0 Å². The van der Waals surface area contributed by atoms with Crippen LogP contribution < -0.4 is 9.47 Å². The lowest BCUT2D eigenvalue weighted by Gasteiger charge is -2.12. The van der Waals surface area contributed by atoms with E-state index in [1.807, 2.05) is 13.8 Å². The maximum Gasteiger partial charge on any atom is 0.325 e. The van der Waals surface area contributed by atoms with Gasteiger partial charge in [-0.3, -0.25) is 4.57 Å². The highest BCUT2D eigenvalue weighted by atomic mass is 31.2. The number of benzene rings is 1. The molecule has 0 aliphatic rings. The molecule has 162 valence electrons. The van der Waals surface area contributed by atoms with Gasteiger partial charge in [0.1, 0.15) is 5.75 Å². The van der Waals surface area contributed by atoms with Gasteiger partial charge in [0.2, 0.25) is 0 Å². The molecular weight excluding hydrogens is 382 g/mol. The first kappa shape index (κ1) is 24.9. The minimum atomic E-state index is -3.82. The van der Waals surface area contributed by atoms with Gasteiger partial charge in [-0.15, -0.1) is 0 Å². The lowest BCUT2D eigenvalue weighted by atomic mass is 10.1. The highest BCUT2D eigenvalue weighted by molar-refractivity contribution is 7.51. The summed E-state index contributed by atoms with van der Waals surface area (Å²) >= 11 is 0. The van der Waals surface area contributed by atoms with Crippen molar-refractivity contribution in [2.75, 3.05) is 19.4 Å². The van der Waals surface area contributed by atoms with E-state index in [-0.39, 0.29) is 17.7 Å². The van der Waals surface area contributed by atoms with Crippen molar-refractivity contribution < 1.29 is 28.2 Å². The largest absolute Gasteiger partial charge is 0.493 e. The molecule has 5 nitrogen and oxygen atoms in total. The monoisotopic (exact) mass is 418 g/mol. The number of hydrogen-bond donors (Lipinski definition) is 2. The SMILES string of the molecule is CCCOc1cc(F)c(OCCCCCCCCCCCP(=O)(O)O)cc1C. The Labute approximate surface area is 168 Å². The summed E-state index contributed by atoms with van der Waals surface area (Å²) in [6.45, 7) is 4.99. The molecule has 0 aliphatic carbocycles. The van der Waals surface area contributed by atoms with Crippen LogP contribution in [0.2, 0.25) is 0 Å². The van der Waals surface area contributed by atoms with Gasteiger partial charge in [0.05, 0.1) is 13.2 Å². The topological polar surface area (TPSA) is 76.0 Å². The van der Waals surface area contributed by atoms with Crippen molar-refractivity contribution in [2.24, 2.45) is 0 Å². The van der Waals surface area contributed by atoms with Gasteiger partial charge >= 0.3 is 7.60 Å². The summed E-state index contributed by atoms with van der Waals surface area (Å²) in [7, 11) is -3.82. The molecule has 1 rings (SSSR count). The van der Waals surface area contributed by atoms with Crippen molar-refractivity contribution in [3.63, 3.8) is 0 Å². The van der Waals surface area contributed by atoms with Gasteiger partial charge in [0, 0.05) is 12.2 Å². The van der Waals surface area contributed by atoms with Gasteiger partial charge in [0.25, 0.3) is 0 Å². The molecule has 0 saturated carbocycles. The number of halogens is 1. The van der Waals surface area contributed by atoms with Crippen LogP contribution in [0.5, 0.6) is 11.5 Å². The van der Waals surface area contributed by atoms with Crippen LogP contribution in [0.15, 0.2) is 12.1 Å². The molecule has 0 heterocycles. The lowest BCUT2D eigenvalue weighted by molar-refractivity contribution is 0.284. The Kier molecular flexibility index (Phi) is 12.4. The van der Waals surface area contributed by atoms with Gasteiger partial charge in [-0.2, -0.15) is 0 Å². The van der Waals surface area contributed by atoms with Crippen molar-refractivity contribution in [3.05, 3.63) is 23.5 Å². The van der Waals surface area contributed by atoms with Crippen molar-refractivity contribution in [3.8, 4) is 11.5 Å². The minimum absolute atomic E-state index is 0.00160. The Bertz CT molecular complexity index is 603. The summed E-state index contributed by atoms with van der Waals surface area (Å²) in [6, 6.07) is 3.10. The first-order valence-electron chi connectivity index (χ1n) is 10.4. The summed E-state index contributed by atoms with van der Waals surface area (Å²) in [6.07, 6.45) is 9.86. The van der Waals surface area contributed by atoms with Crippen LogP contribution in [0.4, 0.5) is 4.39 Å². The highest BCUT2D eigenvalue weighted by Gasteiger charge is 2.11. The van der Waals surface area contributed by atoms with E-state index in [9.17, 15) is 8.96 Å². The van der Waals surface area contributed by atoms with E-state index < -0.39 is 7.60 Å². The van der Waals surface area contributed by atoms with Crippen LogP contribution in [0.1, 0.15) is 76.7 Å². The predicted octanol–water partition coefficient (Wildman–Crippen LogP) is 5.99. The number of hydrogen-bond acceptors (Lipinski definition) is 3. The second-order valence-corrected chi connectivity index (χ2v) is 9.09. The molecule has 28 heavy (non-hydrogen) atoms. The normalized spacial score (nSPS) is 11.6. The Hall–Kier alpha value is -1.10. The first-order chi connectivity index (χ1) is 13.3. The Morgan fingerprint density at radius 2 is 1.39 bits per heavy atom. The van der Waals surface area contributed by atoms with E-state index in [0.29, 0.717) is 25.4 Å². The van der Waals surface area contributed by atoms with E-state index in [4.69, 9.17) is 19.3 Å². The van der Waals surface area contributed by atoms with Gasteiger partial charge in [-0.1, -0.05) is 51.9 Å². The molecule has 7 heteroatoms. The number of aryl methyl sites for hydroxylation is 1. The molecular formula is C21H36FO5P. The molecule has 0 aliphatic heterocycles. The maximum absolute atomic E-state index is 14.1. The maximum atomic E-state index is 14.1. The summed E-state index contributed by atoms with van der Waals surface area (Å²) < 4.78 is 35.9. The summed E-state index contributed by atoms with van der Waals surface area (Å²) in [5, 5.41) is 0. The van der Waals surface area contributed by atoms with Crippen molar-refractivity contribution in [1.29, 1.82) is 0 Å². The molecule has 1 aromatic carbocycles. The standard InChI is InChI=1S/C21H36FO5P/c1-3-13-26-20-17-19(22)21(16-18(20)2)27-14-11-9-7-5-4-6-8-10-12-15-28(23,24)25/h16-17H,3-15H2,1-2H3,(H2,23,24,25). The molecule has 2 N–H and O–H groups in total. The highest BCUT2D eigenvalue weighted by Crippen LogP contribution is 2.35. The van der Waals surface area contributed by atoms with Gasteiger partial charge in [-0.25, -0.2) is 4.39 Å². The third kappa shape index (κ3) is 11.7. The summed E-state index contributed by atoms with van der Waals surface area (Å²) in [5.41, 5.74) is 0.880. The molecule has 0 bridgehead atoms. The Morgan fingerprint density at radius 3 is 1.96 bits per heavy atom. The fourth-order valence-electron chi connectivity index (χ4n) is 2.95. The van der Waals surface area contributed by atoms with E-state index in [2.05, 4.69) is 0 Å². The van der Waals surface area contributed by atoms with E-state index in [1.165, 1.54) is 6.07 Å². The van der Waals surface area contributed by atoms with E-state index in [1.54, 1.807) is 6.07 Å². The van der Waals surface area contributed by atoms with Crippen LogP contribution in [-0.2, 0) is 4.57 Å². The average Bonchev–Trinajstić information content (AvgIpc) is 2.62. The zero-order valence-electron chi connectivity index (χ0n) is 17.3. The van der Waals surface area contributed by atoms with Crippen LogP contribution in [0.3, 0.4) is 0 Å².